The van der Waals surface area contributed by atoms with Gasteiger partial charge >= 0.3 is 0 Å². The highest BCUT2D eigenvalue weighted by atomic mass is 16.5. The molecule has 0 radical (unpaired) electrons. The average Bonchev–Trinajstić information content (AvgIpc) is 3.22. The van der Waals surface area contributed by atoms with Gasteiger partial charge in [-0.05, 0) is 48.9 Å². The number of carbonyl (C=O) groups is 2. The fourth-order valence-corrected chi connectivity index (χ4v) is 4.53. The van der Waals surface area contributed by atoms with Gasteiger partial charge in [-0.2, -0.15) is 0 Å². The van der Waals surface area contributed by atoms with Crippen LogP contribution in [0.15, 0.2) is 66.2 Å². The highest BCUT2D eigenvalue weighted by Crippen LogP contribution is 2.46. The lowest BCUT2D eigenvalue weighted by molar-refractivity contribution is -0.132. The number of carbonyl (C=O) groups excluding carboxylic acids is 2. The predicted octanol–water partition coefficient (Wildman–Crippen LogP) is 4.75. The second-order valence-corrected chi connectivity index (χ2v) is 8.25. The van der Waals surface area contributed by atoms with E-state index in [1.807, 2.05) is 6.92 Å². The third-order valence-corrected chi connectivity index (χ3v) is 6.24. The van der Waals surface area contributed by atoms with E-state index in [0.717, 1.165) is 0 Å². The Morgan fingerprint density at radius 2 is 1.47 bits per heavy atom. The molecule has 1 aliphatic rings. The van der Waals surface area contributed by atoms with Crippen LogP contribution in [0.2, 0.25) is 0 Å². The van der Waals surface area contributed by atoms with E-state index < -0.39 is 23.5 Å². The molecule has 38 heavy (non-hydrogen) atoms. The van der Waals surface area contributed by atoms with Gasteiger partial charge < -0.3 is 28.8 Å². The first kappa shape index (κ1) is 26.4. The summed E-state index contributed by atoms with van der Waals surface area (Å²) in [6.45, 7) is 2.21. The first-order chi connectivity index (χ1) is 18.4. The molecule has 1 heterocycles. The number of amides is 1. The summed E-state index contributed by atoms with van der Waals surface area (Å²) < 4.78 is 27.4. The first-order valence-electron chi connectivity index (χ1n) is 11.9. The number of anilines is 1. The van der Waals surface area contributed by atoms with E-state index in [-0.39, 0.29) is 22.6 Å². The highest BCUT2D eigenvalue weighted by molar-refractivity contribution is 6.51. The molecule has 0 aromatic heterocycles. The number of aliphatic hydroxyl groups is 1. The third-order valence-electron chi connectivity index (χ3n) is 6.24. The zero-order valence-corrected chi connectivity index (χ0v) is 21.8. The number of nitrogens with zero attached hydrogens (tertiary/aromatic N) is 1. The fourth-order valence-electron chi connectivity index (χ4n) is 4.53. The predicted molar refractivity (Wildman–Crippen MR) is 141 cm³/mol. The van der Waals surface area contributed by atoms with Crippen molar-refractivity contribution in [1.29, 1.82) is 0 Å². The van der Waals surface area contributed by atoms with Crippen LogP contribution in [0.25, 0.3) is 5.76 Å². The summed E-state index contributed by atoms with van der Waals surface area (Å²) in [7, 11) is 5.91. The molecule has 1 amide bonds. The van der Waals surface area contributed by atoms with Crippen molar-refractivity contribution in [3.8, 4) is 28.7 Å². The summed E-state index contributed by atoms with van der Waals surface area (Å²) >= 11 is 0. The maximum Gasteiger partial charge on any atom is 0.300 e. The SMILES string of the molecule is CCOc1cc(C2/C(=C(\O)c3c(OC)cccc3OC)C(=O)C(=O)N2c2cccc(OC)c2)ccc1OC. The number of ketones is 1. The summed E-state index contributed by atoms with van der Waals surface area (Å²) in [5, 5.41) is 11.6. The normalized spacial score (nSPS) is 16.3. The number of aliphatic hydroxyl groups excluding tert-OH is 1. The van der Waals surface area contributed by atoms with Crippen LogP contribution in [0.1, 0.15) is 24.1 Å². The molecule has 0 spiro atoms. The van der Waals surface area contributed by atoms with Crippen molar-refractivity contribution in [3.05, 3.63) is 77.4 Å². The van der Waals surface area contributed by atoms with Crippen LogP contribution in [0.5, 0.6) is 28.7 Å². The number of ether oxygens (including phenoxy) is 5. The van der Waals surface area contributed by atoms with Crippen molar-refractivity contribution in [1.82, 2.24) is 0 Å². The molecular formula is C29H29NO8. The molecule has 198 valence electrons. The van der Waals surface area contributed by atoms with Crippen molar-refractivity contribution < 1.29 is 38.4 Å². The second kappa shape index (κ2) is 11.2. The highest BCUT2D eigenvalue weighted by Gasteiger charge is 2.48. The number of hydrogen-bond acceptors (Lipinski definition) is 8. The van der Waals surface area contributed by atoms with Crippen LogP contribution in [0.3, 0.4) is 0 Å². The van der Waals surface area contributed by atoms with E-state index in [4.69, 9.17) is 23.7 Å². The van der Waals surface area contributed by atoms with E-state index in [2.05, 4.69) is 0 Å². The summed E-state index contributed by atoms with van der Waals surface area (Å²) in [5.74, 6) is -0.139. The van der Waals surface area contributed by atoms with Crippen LogP contribution in [0.4, 0.5) is 5.69 Å². The van der Waals surface area contributed by atoms with E-state index >= 15 is 0 Å². The Hall–Kier alpha value is -4.66. The Morgan fingerprint density at radius 1 is 0.816 bits per heavy atom. The van der Waals surface area contributed by atoms with Gasteiger partial charge in [-0.15, -0.1) is 0 Å². The van der Waals surface area contributed by atoms with Gasteiger partial charge in [-0.1, -0.05) is 18.2 Å². The lowest BCUT2D eigenvalue weighted by Gasteiger charge is -2.26. The molecule has 4 rings (SSSR count). The summed E-state index contributed by atoms with van der Waals surface area (Å²) in [6, 6.07) is 15.8. The van der Waals surface area contributed by atoms with Gasteiger partial charge in [0.2, 0.25) is 0 Å². The van der Waals surface area contributed by atoms with Crippen LogP contribution in [0, 0.1) is 0 Å². The molecular weight excluding hydrogens is 490 g/mol. The van der Waals surface area contributed by atoms with Crippen molar-refractivity contribution in [2.75, 3.05) is 39.9 Å². The maximum atomic E-state index is 13.6. The van der Waals surface area contributed by atoms with E-state index in [1.54, 1.807) is 60.7 Å². The average molecular weight is 520 g/mol. The summed E-state index contributed by atoms with van der Waals surface area (Å²) in [6.07, 6.45) is 0. The Morgan fingerprint density at radius 3 is 2.08 bits per heavy atom. The van der Waals surface area contributed by atoms with Gasteiger partial charge in [0.05, 0.1) is 46.7 Å². The summed E-state index contributed by atoms with van der Waals surface area (Å²) in [5.41, 5.74) is 0.959. The third kappa shape index (κ3) is 4.58. The van der Waals surface area contributed by atoms with Gasteiger partial charge in [0, 0.05) is 11.8 Å². The van der Waals surface area contributed by atoms with E-state index in [9.17, 15) is 14.7 Å². The Kier molecular flexibility index (Phi) is 7.76. The van der Waals surface area contributed by atoms with Crippen LogP contribution in [-0.2, 0) is 9.59 Å². The zero-order valence-electron chi connectivity index (χ0n) is 21.8. The van der Waals surface area contributed by atoms with Crippen molar-refractivity contribution in [2.24, 2.45) is 0 Å². The molecule has 1 N–H and O–H groups in total. The molecule has 1 aliphatic heterocycles. The monoisotopic (exact) mass is 519 g/mol. The largest absolute Gasteiger partial charge is 0.506 e. The minimum atomic E-state index is -1.01. The quantitative estimate of drug-likeness (QED) is 0.246. The maximum absolute atomic E-state index is 13.6. The smallest absolute Gasteiger partial charge is 0.300 e. The lowest BCUT2D eigenvalue weighted by Crippen LogP contribution is -2.29. The Bertz CT molecular complexity index is 1370. The zero-order chi connectivity index (χ0) is 27.4. The minimum absolute atomic E-state index is 0.131. The molecule has 1 unspecified atom stereocenters. The van der Waals surface area contributed by atoms with Crippen LogP contribution < -0.4 is 28.6 Å². The number of rotatable bonds is 9. The molecule has 3 aromatic carbocycles. The lowest BCUT2D eigenvalue weighted by atomic mass is 9.94. The second-order valence-electron chi connectivity index (χ2n) is 8.25. The van der Waals surface area contributed by atoms with Gasteiger partial charge in [0.1, 0.15) is 28.6 Å². The van der Waals surface area contributed by atoms with Crippen molar-refractivity contribution >= 4 is 23.1 Å². The van der Waals surface area contributed by atoms with E-state index in [0.29, 0.717) is 35.1 Å². The number of hydrogen-bond donors (Lipinski definition) is 1. The van der Waals surface area contributed by atoms with Crippen LogP contribution >= 0.6 is 0 Å². The van der Waals surface area contributed by atoms with Gasteiger partial charge in [0.25, 0.3) is 11.7 Å². The molecule has 1 saturated heterocycles. The topological polar surface area (TPSA) is 104 Å². The van der Waals surface area contributed by atoms with Gasteiger partial charge in [0.15, 0.2) is 11.5 Å². The molecule has 0 bridgehead atoms. The standard InChI is InChI=1S/C29H29NO8/c1-6-38-23-15-17(13-14-20(23)35-3)26-25(27(31)24-21(36-4)11-8-12-22(24)37-5)28(32)29(33)30(26)18-9-7-10-19(16-18)34-2/h7-16,26,31H,6H2,1-5H3/b27-25+. The molecule has 3 aromatic rings. The minimum Gasteiger partial charge on any atom is -0.506 e. The molecule has 0 saturated carbocycles. The van der Waals surface area contributed by atoms with Gasteiger partial charge in [-0.3, -0.25) is 14.5 Å². The number of Topliss-reactive ketones (excluding diaryl/α,β-unsaturated/α-hetero) is 1. The number of benzene rings is 3. The molecule has 9 nitrogen and oxygen atoms in total. The Balaban J connectivity index is 2.03. The molecule has 9 heteroatoms. The van der Waals surface area contributed by atoms with E-state index in [1.165, 1.54) is 33.3 Å². The molecule has 1 atom stereocenters. The molecule has 0 aliphatic carbocycles. The first-order valence-corrected chi connectivity index (χ1v) is 11.9. The summed E-state index contributed by atoms with van der Waals surface area (Å²) in [4.78, 5) is 28.5. The van der Waals surface area contributed by atoms with Crippen LogP contribution in [-0.4, -0.2) is 51.8 Å². The fraction of sp³-hybridized carbons (Fsp3) is 0.241. The van der Waals surface area contributed by atoms with Crippen molar-refractivity contribution in [2.45, 2.75) is 13.0 Å². The van der Waals surface area contributed by atoms with Gasteiger partial charge in [-0.25, -0.2) is 0 Å². The number of methoxy groups -OCH3 is 4. The van der Waals surface area contributed by atoms with Crippen molar-refractivity contribution in [3.63, 3.8) is 0 Å². The Labute approximate surface area is 220 Å². The molecule has 1 fully saturated rings.